The maximum atomic E-state index is 12.1. The van der Waals surface area contributed by atoms with Gasteiger partial charge in [0.1, 0.15) is 17.7 Å². The lowest BCUT2D eigenvalue weighted by atomic mass is 10.2. The fraction of sp³-hybridized carbons (Fsp3) is 0.440. The average molecular weight is 422 g/mol. The molecule has 0 saturated carbocycles. The number of nitrogens with zero attached hydrogens (tertiary/aromatic N) is 2. The molecule has 0 spiro atoms. The molecule has 0 radical (unpaired) electrons. The van der Waals surface area contributed by atoms with Gasteiger partial charge in [-0.2, -0.15) is 0 Å². The minimum Gasteiger partial charge on any atom is -0.494 e. The number of benzene rings is 2. The molecule has 6 heteroatoms. The van der Waals surface area contributed by atoms with Crippen molar-refractivity contribution in [1.82, 2.24) is 14.9 Å². The zero-order chi connectivity index (χ0) is 21.3. The molecule has 1 aromatic heterocycles. The first kappa shape index (κ1) is 21.4. The molecule has 1 aliphatic heterocycles. The largest absolute Gasteiger partial charge is 0.494 e. The lowest BCUT2D eigenvalue weighted by Gasteiger charge is -2.12. The first-order valence-corrected chi connectivity index (χ1v) is 11.3. The Bertz CT molecular complexity index is 965. The number of aryl methyl sites for hydroxylation is 2. The van der Waals surface area contributed by atoms with E-state index in [1.54, 1.807) is 0 Å². The molecule has 1 atom stereocenters. The highest BCUT2D eigenvalue weighted by Gasteiger charge is 2.22. The van der Waals surface area contributed by atoms with Crippen molar-refractivity contribution in [3.05, 3.63) is 60.4 Å². The number of imidazole rings is 1. The maximum absolute atomic E-state index is 12.1. The topological polar surface area (TPSA) is 65.4 Å². The van der Waals surface area contributed by atoms with Crippen LogP contribution < -0.4 is 10.1 Å². The van der Waals surface area contributed by atoms with Crippen molar-refractivity contribution >= 4 is 16.9 Å². The minimum atomic E-state index is -0.261. The second-order valence-electron chi connectivity index (χ2n) is 7.93. The minimum absolute atomic E-state index is 0.0180. The van der Waals surface area contributed by atoms with Crippen LogP contribution in [0, 0.1) is 0 Å². The number of para-hydroxylation sites is 3. The Hall–Kier alpha value is -2.86. The van der Waals surface area contributed by atoms with Gasteiger partial charge in [0.2, 0.25) is 5.91 Å². The van der Waals surface area contributed by atoms with E-state index in [0.717, 1.165) is 62.2 Å². The van der Waals surface area contributed by atoms with Crippen LogP contribution in [0.5, 0.6) is 5.75 Å². The van der Waals surface area contributed by atoms with Crippen molar-refractivity contribution in [2.24, 2.45) is 0 Å². The van der Waals surface area contributed by atoms with E-state index < -0.39 is 0 Å². The van der Waals surface area contributed by atoms with Gasteiger partial charge in [0.15, 0.2) is 0 Å². The molecule has 3 aromatic rings. The number of ether oxygens (including phenoxy) is 2. The van der Waals surface area contributed by atoms with Gasteiger partial charge in [-0.25, -0.2) is 4.98 Å². The van der Waals surface area contributed by atoms with Gasteiger partial charge in [-0.1, -0.05) is 30.3 Å². The highest BCUT2D eigenvalue weighted by Crippen LogP contribution is 2.18. The molecule has 2 heterocycles. The van der Waals surface area contributed by atoms with Gasteiger partial charge >= 0.3 is 0 Å². The number of nitrogens with one attached hydrogen (secondary N) is 1. The molecule has 1 unspecified atom stereocenters. The maximum Gasteiger partial charge on any atom is 0.249 e. The average Bonchev–Trinajstić information content (AvgIpc) is 3.46. The number of rotatable bonds is 11. The Morgan fingerprint density at radius 3 is 2.77 bits per heavy atom. The number of amides is 1. The molecule has 1 amide bonds. The third-order valence-corrected chi connectivity index (χ3v) is 5.62. The summed E-state index contributed by atoms with van der Waals surface area (Å²) in [5.74, 6) is 2.02. The lowest BCUT2D eigenvalue weighted by Crippen LogP contribution is -2.34. The normalized spacial score (nSPS) is 15.9. The second kappa shape index (κ2) is 11.0. The van der Waals surface area contributed by atoms with E-state index in [1.807, 2.05) is 36.4 Å². The second-order valence-corrected chi connectivity index (χ2v) is 7.93. The van der Waals surface area contributed by atoms with E-state index in [9.17, 15) is 4.79 Å². The number of carbonyl (C=O) groups excluding carboxylic acids is 1. The fourth-order valence-corrected chi connectivity index (χ4v) is 4.00. The first-order chi connectivity index (χ1) is 15.3. The molecular weight excluding hydrogens is 390 g/mol. The smallest absolute Gasteiger partial charge is 0.249 e. The van der Waals surface area contributed by atoms with Crippen molar-refractivity contribution in [2.45, 2.75) is 51.2 Å². The fourth-order valence-electron chi connectivity index (χ4n) is 4.00. The predicted octanol–water partition coefficient (Wildman–Crippen LogP) is 4.12. The van der Waals surface area contributed by atoms with E-state index in [4.69, 9.17) is 14.5 Å². The molecule has 164 valence electrons. The van der Waals surface area contributed by atoms with Crippen LogP contribution in [0.25, 0.3) is 11.0 Å². The number of fused-ring (bicyclic) bond motifs is 1. The Morgan fingerprint density at radius 1 is 1.10 bits per heavy atom. The standard InChI is InChI=1S/C25H31N3O3/c29-25(23-14-9-19-31-23)26-16-8-15-24-27-21-12-4-5-13-22(21)28(24)17-6-7-18-30-20-10-2-1-3-11-20/h1-5,10-13,23H,6-9,14-19H2,(H,26,29). The van der Waals surface area contributed by atoms with Gasteiger partial charge in [0, 0.05) is 26.1 Å². The summed E-state index contributed by atoms with van der Waals surface area (Å²) in [6.07, 6.45) is 5.24. The van der Waals surface area contributed by atoms with Crippen molar-refractivity contribution < 1.29 is 14.3 Å². The van der Waals surface area contributed by atoms with Gasteiger partial charge in [-0.3, -0.25) is 4.79 Å². The van der Waals surface area contributed by atoms with Crippen molar-refractivity contribution in [1.29, 1.82) is 0 Å². The van der Waals surface area contributed by atoms with Crippen LogP contribution in [-0.2, 0) is 22.5 Å². The van der Waals surface area contributed by atoms with Crippen LogP contribution in [0.2, 0.25) is 0 Å². The Labute approximate surface area is 183 Å². The molecule has 31 heavy (non-hydrogen) atoms. The number of unbranched alkanes of at least 4 members (excludes halogenated alkanes) is 1. The van der Waals surface area contributed by atoms with Gasteiger partial charge in [0.25, 0.3) is 0 Å². The zero-order valence-electron chi connectivity index (χ0n) is 18.0. The molecular formula is C25H31N3O3. The molecule has 1 N–H and O–H groups in total. The van der Waals surface area contributed by atoms with Crippen molar-refractivity contribution in [3.8, 4) is 5.75 Å². The van der Waals surface area contributed by atoms with E-state index in [0.29, 0.717) is 19.8 Å². The first-order valence-electron chi connectivity index (χ1n) is 11.3. The Balaban J connectivity index is 1.27. The number of hydrogen-bond donors (Lipinski definition) is 1. The molecule has 1 aliphatic rings. The van der Waals surface area contributed by atoms with Crippen LogP contribution in [0.3, 0.4) is 0 Å². The summed E-state index contributed by atoms with van der Waals surface area (Å²) >= 11 is 0. The van der Waals surface area contributed by atoms with Crippen LogP contribution in [0.15, 0.2) is 54.6 Å². The Morgan fingerprint density at radius 2 is 1.94 bits per heavy atom. The van der Waals surface area contributed by atoms with Crippen LogP contribution >= 0.6 is 0 Å². The molecule has 6 nitrogen and oxygen atoms in total. The van der Waals surface area contributed by atoms with E-state index in [2.05, 4.69) is 28.1 Å². The summed E-state index contributed by atoms with van der Waals surface area (Å²) < 4.78 is 13.6. The Kier molecular flexibility index (Phi) is 7.56. The summed E-state index contributed by atoms with van der Waals surface area (Å²) in [4.78, 5) is 16.9. The summed E-state index contributed by atoms with van der Waals surface area (Å²) in [5.41, 5.74) is 2.20. The zero-order valence-corrected chi connectivity index (χ0v) is 18.0. The third-order valence-electron chi connectivity index (χ3n) is 5.62. The number of hydrogen-bond acceptors (Lipinski definition) is 4. The molecule has 1 fully saturated rings. The summed E-state index contributed by atoms with van der Waals surface area (Å²) in [6, 6.07) is 18.2. The SMILES string of the molecule is O=C(NCCCc1nc2ccccc2n1CCCCOc1ccccc1)C1CCCO1. The van der Waals surface area contributed by atoms with Gasteiger partial charge in [-0.15, -0.1) is 0 Å². The summed E-state index contributed by atoms with van der Waals surface area (Å²) in [7, 11) is 0. The van der Waals surface area contributed by atoms with E-state index >= 15 is 0 Å². The predicted molar refractivity (Wildman–Crippen MR) is 121 cm³/mol. The van der Waals surface area contributed by atoms with Gasteiger partial charge in [-0.05, 0) is 56.4 Å². The van der Waals surface area contributed by atoms with Crippen LogP contribution in [0.1, 0.15) is 37.9 Å². The molecule has 1 saturated heterocycles. The summed E-state index contributed by atoms with van der Waals surface area (Å²) in [6.45, 7) is 2.96. The molecule has 0 aliphatic carbocycles. The van der Waals surface area contributed by atoms with Gasteiger partial charge in [0.05, 0.1) is 17.6 Å². The number of carbonyl (C=O) groups is 1. The third kappa shape index (κ3) is 5.85. The van der Waals surface area contributed by atoms with E-state index in [-0.39, 0.29) is 12.0 Å². The molecule has 2 aromatic carbocycles. The quantitative estimate of drug-likeness (QED) is 0.473. The van der Waals surface area contributed by atoms with Gasteiger partial charge < -0.3 is 19.4 Å². The van der Waals surface area contributed by atoms with Crippen LogP contribution in [0.4, 0.5) is 0 Å². The van der Waals surface area contributed by atoms with Crippen molar-refractivity contribution in [3.63, 3.8) is 0 Å². The number of aromatic nitrogens is 2. The highest BCUT2D eigenvalue weighted by atomic mass is 16.5. The summed E-state index contributed by atoms with van der Waals surface area (Å²) in [5, 5.41) is 3.01. The van der Waals surface area contributed by atoms with Crippen molar-refractivity contribution in [2.75, 3.05) is 19.8 Å². The molecule has 0 bridgehead atoms. The highest BCUT2D eigenvalue weighted by molar-refractivity contribution is 5.80. The monoisotopic (exact) mass is 421 g/mol. The lowest BCUT2D eigenvalue weighted by molar-refractivity contribution is -0.130. The molecule has 4 rings (SSSR count). The van der Waals surface area contributed by atoms with Crippen LogP contribution in [-0.4, -0.2) is 41.3 Å². The van der Waals surface area contributed by atoms with E-state index in [1.165, 1.54) is 5.52 Å².